The Morgan fingerprint density at radius 3 is 2.19 bits per heavy atom. The van der Waals surface area contributed by atoms with Crippen LogP contribution in [0.1, 0.15) is 20.7 Å². The van der Waals surface area contributed by atoms with Crippen molar-refractivity contribution in [1.29, 1.82) is 0 Å². The van der Waals surface area contributed by atoms with Gasteiger partial charge in [0.05, 0.1) is 30.0 Å². The van der Waals surface area contributed by atoms with Crippen LogP contribution in [0.15, 0.2) is 36.4 Å². The van der Waals surface area contributed by atoms with Crippen LogP contribution in [0, 0.1) is 0 Å². The van der Waals surface area contributed by atoms with Crippen molar-refractivity contribution in [1.82, 2.24) is 4.98 Å². The molecule has 0 N–H and O–H groups in total. The molecule has 0 aliphatic heterocycles. The Balaban J connectivity index is 2.45. The summed E-state index contributed by atoms with van der Waals surface area (Å²) in [6.07, 6.45) is 0. The van der Waals surface area contributed by atoms with Gasteiger partial charge in [0.2, 0.25) is 0 Å². The Kier molecular flexibility index (Phi) is 4.90. The van der Waals surface area contributed by atoms with E-state index in [1.165, 1.54) is 25.6 Å². The van der Waals surface area contributed by atoms with E-state index in [9.17, 15) is 9.59 Å². The number of ether oxygens (including phenoxy) is 2. The van der Waals surface area contributed by atoms with Crippen molar-refractivity contribution in [3.8, 4) is 11.1 Å². The molecule has 0 unspecified atom stereocenters. The average Bonchev–Trinajstić information content (AvgIpc) is 3.10. The van der Waals surface area contributed by atoms with Crippen molar-refractivity contribution < 1.29 is 19.1 Å². The predicted molar refractivity (Wildman–Crippen MR) is 102 cm³/mol. The van der Waals surface area contributed by atoms with Crippen LogP contribution in [0.25, 0.3) is 21.3 Å². The molecule has 3 aromatic rings. The fraction of sp³-hybridized carbons (Fsp3) is 0.211. The summed E-state index contributed by atoms with van der Waals surface area (Å²) >= 11 is 1.44. The number of esters is 2. The third kappa shape index (κ3) is 3.01. The minimum Gasteiger partial charge on any atom is -0.465 e. The molecule has 0 fully saturated rings. The minimum absolute atomic E-state index is 0.125. The van der Waals surface area contributed by atoms with Gasteiger partial charge in [-0.15, -0.1) is 0 Å². The third-order valence-corrected chi connectivity index (χ3v) is 5.09. The number of hydrogen-bond acceptors (Lipinski definition) is 7. The molecular formula is C19H18N2O4S. The van der Waals surface area contributed by atoms with Gasteiger partial charge in [0.15, 0.2) is 5.13 Å². The van der Waals surface area contributed by atoms with E-state index in [1.54, 1.807) is 0 Å². The fourth-order valence-corrected chi connectivity index (χ4v) is 3.64. The summed E-state index contributed by atoms with van der Waals surface area (Å²) in [7, 11) is 6.31. The molecule has 6 nitrogen and oxygen atoms in total. The highest BCUT2D eigenvalue weighted by Crippen LogP contribution is 2.38. The van der Waals surface area contributed by atoms with Crippen LogP contribution >= 0.6 is 11.3 Å². The molecule has 0 radical (unpaired) electrons. The number of aromatic nitrogens is 1. The molecule has 0 aliphatic rings. The van der Waals surface area contributed by atoms with Crippen LogP contribution in [0.4, 0.5) is 5.13 Å². The van der Waals surface area contributed by atoms with E-state index >= 15 is 0 Å². The SMILES string of the molecule is COC(=O)c1c(-c2ccccc2)cc2sc(N(C)C)nc2c1C(=O)OC. The Labute approximate surface area is 155 Å². The number of methoxy groups -OCH3 is 2. The molecule has 3 rings (SSSR count). The monoisotopic (exact) mass is 370 g/mol. The highest BCUT2D eigenvalue weighted by atomic mass is 32.1. The van der Waals surface area contributed by atoms with Crippen molar-refractivity contribution in [3.05, 3.63) is 47.5 Å². The van der Waals surface area contributed by atoms with E-state index < -0.39 is 11.9 Å². The summed E-state index contributed by atoms with van der Waals surface area (Å²) in [5, 5.41) is 0.728. The van der Waals surface area contributed by atoms with Crippen molar-refractivity contribution in [2.45, 2.75) is 0 Å². The molecule has 134 valence electrons. The maximum atomic E-state index is 12.6. The highest BCUT2D eigenvalue weighted by molar-refractivity contribution is 7.22. The second kappa shape index (κ2) is 7.13. The smallest absolute Gasteiger partial charge is 0.341 e. The first-order valence-corrected chi connectivity index (χ1v) is 8.66. The van der Waals surface area contributed by atoms with Crippen molar-refractivity contribution >= 4 is 38.6 Å². The standard InChI is InChI=1S/C19H18N2O4S/c1-21(2)19-20-16-13(26-19)10-12(11-8-6-5-7-9-11)14(17(22)24-3)15(16)18(23)25-4/h5-10H,1-4H3. The van der Waals surface area contributed by atoms with E-state index in [1.807, 2.05) is 55.4 Å². The summed E-state index contributed by atoms with van der Waals surface area (Å²) < 4.78 is 10.7. The molecule has 0 saturated heterocycles. The summed E-state index contributed by atoms with van der Waals surface area (Å²) in [5.74, 6) is -1.23. The minimum atomic E-state index is -0.621. The largest absolute Gasteiger partial charge is 0.465 e. The van der Waals surface area contributed by atoms with Crippen molar-refractivity contribution in [3.63, 3.8) is 0 Å². The summed E-state index contributed by atoms with van der Waals surface area (Å²) in [6.45, 7) is 0. The number of benzene rings is 2. The third-order valence-electron chi connectivity index (χ3n) is 3.92. The number of carbonyl (C=O) groups excluding carboxylic acids is 2. The maximum Gasteiger partial charge on any atom is 0.341 e. The Morgan fingerprint density at radius 1 is 1.00 bits per heavy atom. The van der Waals surface area contributed by atoms with Crippen LogP contribution in [0.5, 0.6) is 0 Å². The first-order valence-electron chi connectivity index (χ1n) is 7.84. The van der Waals surface area contributed by atoms with Gasteiger partial charge in [-0.1, -0.05) is 41.7 Å². The lowest BCUT2D eigenvalue weighted by molar-refractivity contribution is 0.0557. The Bertz CT molecular complexity index is 980. The summed E-state index contributed by atoms with van der Waals surface area (Å²) in [6, 6.07) is 11.3. The number of thiazole rings is 1. The van der Waals surface area contributed by atoms with E-state index in [-0.39, 0.29) is 11.1 Å². The van der Waals surface area contributed by atoms with Crippen molar-refractivity contribution in [2.75, 3.05) is 33.2 Å². The molecule has 2 aromatic carbocycles. The molecule has 0 aliphatic carbocycles. The van der Waals surface area contributed by atoms with Gasteiger partial charge in [0.1, 0.15) is 5.56 Å². The molecule has 7 heteroatoms. The quantitative estimate of drug-likeness (QED) is 0.654. The lowest BCUT2D eigenvalue weighted by Gasteiger charge is -2.13. The topological polar surface area (TPSA) is 68.7 Å². The molecule has 0 atom stereocenters. The number of anilines is 1. The molecule has 1 heterocycles. The van der Waals surface area contributed by atoms with Gasteiger partial charge < -0.3 is 14.4 Å². The number of rotatable bonds is 4. The fourth-order valence-electron chi connectivity index (χ4n) is 2.71. The van der Waals surface area contributed by atoms with E-state index in [2.05, 4.69) is 4.98 Å². The Hall–Kier alpha value is -2.93. The van der Waals surface area contributed by atoms with Crippen LogP contribution in [0.3, 0.4) is 0 Å². The lowest BCUT2D eigenvalue weighted by Crippen LogP contribution is -2.14. The maximum absolute atomic E-state index is 12.6. The van der Waals surface area contributed by atoms with Gasteiger partial charge in [-0.3, -0.25) is 0 Å². The first kappa shape index (κ1) is 17.9. The second-order valence-electron chi connectivity index (χ2n) is 5.76. The number of hydrogen-bond donors (Lipinski definition) is 0. The first-order chi connectivity index (χ1) is 12.5. The second-order valence-corrected chi connectivity index (χ2v) is 6.77. The van der Waals surface area contributed by atoms with Gasteiger partial charge in [-0.05, 0) is 17.2 Å². The van der Waals surface area contributed by atoms with Crippen LogP contribution < -0.4 is 4.90 Å². The zero-order valence-corrected chi connectivity index (χ0v) is 15.7. The van der Waals surface area contributed by atoms with Crippen LogP contribution in [-0.2, 0) is 9.47 Å². The van der Waals surface area contributed by atoms with Gasteiger partial charge in [-0.2, -0.15) is 0 Å². The predicted octanol–water partition coefficient (Wildman–Crippen LogP) is 3.60. The number of nitrogens with zero attached hydrogens (tertiary/aromatic N) is 2. The van der Waals surface area contributed by atoms with Gasteiger partial charge in [0.25, 0.3) is 0 Å². The van der Waals surface area contributed by atoms with Gasteiger partial charge in [-0.25, -0.2) is 14.6 Å². The Morgan fingerprint density at radius 2 is 1.62 bits per heavy atom. The molecule has 1 aromatic heterocycles. The van der Waals surface area contributed by atoms with Crippen LogP contribution in [-0.4, -0.2) is 45.2 Å². The van der Waals surface area contributed by atoms with E-state index in [4.69, 9.17) is 9.47 Å². The van der Waals surface area contributed by atoms with Gasteiger partial charge in [0, 0.05) is 14.1 Å². The number of carbonyl (C=O) groups is 2. The van der Waals surface area contributed by atoms with Crippen molar-refractivity contribution in [2.24, 2.45) is 0 Å². The van der Waals surface area contributed by atoms with E-state index in [0.717, 1.165) is 15.4 Å². The van der Waals surface area contributed by atoms with E-state index in [0.29, 0.717) is 11.1 Å². The van der Waals surface area contributed by atoms with Gasteiger partial charge >= 0.3 is 11.9 Å². The summed E-state index contributed by atoms with van der Waals surface area (Å²) in [5.41, 5.74) is 2.14. The molecule has 26 heavy (non-hydrogen) atoms. The molecule has 0 saturated carbocycles. The molecule has 0 amide bonds. The number of fused-ring (bicyclic) bond motifs is 1. The van der Waals surface area contributed by atoms with Crippen LogP contribution in [0.2, 0.25) is 0 Å². The average molecular weight is 370 g/mol. The lowest BCUT2D eigenvalue weighted by atomic mass is 9.94. The zero-order chi connectivity index (χ0) is 18.8. The molecular weight excluding hydrogens is 352 g/mol. The summed E-state index contributed by atoms with van der Waals surface area (Å²) in [4.78, 5) is 31.5. The molecule has 0 bridgehead atoms. The highest BCUT2D eigenvalue weighted by Gasteiger charge is 2.28. The zero-order valence-electron chi connectivity index (χ0n) is 14.9. The normalized spacial score (nSPS) is 10.6. The molecule has 0 spiro atoms.